The first kappa shape index (κ1) is 27.5. The fraction of sp³-hybridized carbons (Fsp3) is 0.300. The zero-order valence-electron chi connectivity index (χ0n) is 17.2. The van der Waals surface area contributed by atoms with Gasteiger partial charge in [-0.05, 0) is 48.5 Å². The Labute approximate surface area is 198 Å². The number of alkyl halides is 6. The lowest BCUT2D eigenvalue weighted by Gasteiger charge is -2.10. The molecule has 2 aromatic rings. The molecule has 2 N–H and O–H groups in total. The van der Waals surface area contributed by atoms with E-state index in [2.05, 4.69) is 20.1 Å². The Kier molecular flexibility index (Phi) is 10.2. The summed E-state index contributed by atoms with van der Waals surface area (Å²) in [7, 11) is 2.87. The number of amides is 2. The SMILES string of the molecule is O=C(NCCSSCCNC(=O)c1ccc(OC(F)(F)F)cc1)c1ccc(OC(F)(F)F)cc1. The normalized spacial score (nSPS) is 11.6. The molecule has 0 aromatic heterocycles. The summed E-state index contributed by atoms with van der Waals surface area (Å²) in [5, 5.41) is 5.26. The summed E-state index contributed by atoms with van der Waals surface area (Å²) in [5.74, 6) is -0.641. The molecule has 0 aliphatic carbocycles. The van der Waals surface area contributed by atoms with Crippen LogP contribution in [-0.4, -0.2) is 49.1 Å². The molecule has 14 heteroatoms. The molecule has 2 rings (SSSR count). The summed E-state index contributed by atoms with van der Waals surface area (Å²) in [6.45, 7) is 0.631. The van der Waals surface area contributed by atoms with Gasteiger partial charge in [-0.2, -0.15) is 0 Å². The second-order valence-corrected chi connectivity index (χ2v) is 9.00. The van der Waals surface area contributed by atoms with E-state index in [-0.39, 0.29) is 11.1 Å². The fourth-order valence-corrected chi connectivity index (χ4v) is 4.16. The first-order valence-electron chi connectivity index (χ1n) is 9.45. The van der Waals surface area contributed by atoms with Gasteiger partial charge in [0.1, 0.15) is 11.5 Å². The van der Waals surface area contributed by atoms with Crippen LogP contribution in [0.1, 0.15) is 20.7 Å². The largest absolute Gasteiger partial charge is 0.573 e. The Morgan fingerprint density at radius 1 is 0.647 bits per heavy atom. The summed E-state index contributed by atoms with van der Waals surface area (Å²) >= 11 is 0. The van der Waals surface area contributed by atoms with Crippen LogP contribution in [0.2, 0.25) is 0 Å². The predicted octanol–water partition coefficient (Wildman–Crippen LogP) is 5.03. The summed E-state index contributed by atoms with van der Waals surface area (Å²) in [6.07, 6.45) is -9.61. The molecule has 0 aliphatic heterocycles. The van der Waals surface area contributed by atoms with Gasteiger partial charge in [-0.3, -0.25) is 9.59 Å². The lowest BCUT2D eigenvalue weighted by Crippen LogP contribution is -2.26. The van der Waals surface area contributed by atoms with Gasteiger partial charge in [0.2, 0.25) is 0 Å². The molecular weight excluding hydrogens is 510 g/mol. The van der Waals surface area contributed by atoms with Gasteiger partial charge in [0.15, 0.2) is 0 Å². The summed E-state index contributed by atoms with van der Waals surface area (Å²) < 4.78 is 80.3. The Morgan fingerprint density at radius 3 is 1.26 bits per heavy atom. The van der Waals surface area contributed by atoms with Crippen LogP contribution in [0.25, 0.3) is 0 Å². The average molecular weight is 528 g/mol. The Hall–Kier alpha value is -2.74. The van der Waals surface area contributed by atoms with E-state index in [0.29, 0.717) is 24.6 Å². The van der Waals surface area contributed by atoms with Gasteiger partial charge in [-0.1, -0.05) is 21.6 Å². The quantitative estimate of drug-likeness (QED) is 0.242. The van der Waals surface area contributed by atoms with E-state index in [4.69, 9.17) is 0 Å². The van der Waals surface area contributed by atoms with Crippen LogP contribution < -0.4 is 20.1 Å². The molecule has 0 saturated carbocycles. The molecule has 0 aliphatic rings. The number of halogens is 6. The number of hydrogen-bond donors (Lipinski definition) is 2. The number of carbonyl (C=O) groups is 2. The minimum absolute atomic E-state index is 0.188. The molecule has 0 saturated heterocycles. The van der Waals surface area contributed by atoms with Crippen molar-refractivity contribution in [2.75, 3.05) is 24.6 Å². The van der Waals surface area contributed by atoms with Gasteiger partial charge in [0.05, 0.1) is 0 Å². The van der Waals surface area contributed by atoms with E-state index in [1.165, 1.54) is 45.9 Å². The van der Waals surface area contributed by atoms with Crippen LogP contribution in [-0.2, 0) is 0 Å². The minimum Gasteiger partial charge on any atom is -0.406 e. The molecular formula is C20H18F6N2O4S2. The summed E-state index contributed by atoms with van der Waals surface area (Å²) in [4.78, 5) is 23.9. The third-order valence-electron chi connectivity index (χ3n) is 3.73. The van der Waals surface area contributed by atoms with Crippen molar-refractivity contribution in [1.29, 1.82) is 0 Å². The molecule has 0 fully saturated rings. The van der Waals surface area contributed by atoms with Crippen LogP contribution in [0.3, 0.4) is 0 Å². The van der Waals surface area contributed by atoms with Gasteiger partial charge in [-0.15, -0.1) is 26.3 Å². The number of rotatable bonds is 11. The third kappa shape index (κ3) is 10.9. The van der Waals surface area contributed by atoms with Gasteiger partial charge in [-0.25, -0.2) is 0 Å². The summed E-state index contributed by atoms with van der Waals surface area (Å²) in [6, 6.07) is 9.07. The molecule has 2 amide bonds. The van der Waals surface area contributed by atoms with E-state index in [1.807, 2.05) is 0 Å². The maximum absolute atomic E-state index is 12.1. The lowest BCUT2D eigenvalue weighted by molar-refractivity contribution is -0.275. The van der Waals surface area contributed by atoms with Crippen LogP contribution in [0, 0.1) is 0 Å². The van der Waals surface area contributed by atoms with Gasteiger partial charge < -0.3 is 20.1 Å². The highest BCUT2D eigenvalue weighted by atomic mass is 33.1. The standard InChI is InChI=1S/C20H18F6N2O4S2/c21-19(22,23)31-15-5-1-13(2-6-15)17(29)27-9-11-33-34-12-10-28-18(30)14-3-7-16(8-4-14)32-20(24,25)26/h1-8H,9-12H2,(H,27,29)(H,28,30). The zero-order valence-corrected chi connectivity index (χ0v) is 18.8. The lowest BCUT2D eigenvalue weighted by atomic mass is 10.2. The molecule has 2 aromatic carbocycles. The van der Waals surface area contributed by atoms with Crippen molar-refractivity contribution in [3.8, 4) is 11.5 Å². The van der Waals surface area contributed by atoms with Crippen molar-refractivity contribution < 1.29 is 45.4 Å². The minimum atomic E-state index is -4.80. The number of carbonyl (C=O) groups excluding carboxylic acids is 2. The van der Waals surface area contributed by atoms with Gasteiger partial charge >= 0.3 is 12.7 Å². The average Bonchev–Trinajstić information content (AvgIpc) is 2.74. The zero-order chi connectivity index (χ0) is 25.2. The molecule has 186 valence electrons. The van der Waals surface area contributed by atoms with Crippen molar-refractivity contribution in [3.05, 3.63) is 59.7 Å². The number of hydrogen-bond acceptors (Lipinski definition) is 6. The highest BCUT2D eigenvalue weighted by Crippen LogP contribution is 2.24. The number of nitrogens with one attached hydrogen (secondary N) is 2. The second kappa shape index (κ2) is 12.6. The van der Waals surface area contributed by atoms with Crippen molar-refractivity contribution in [3.63, 3.8) is 0 Å². The molecule has 0 atom stereocenters. The van der Waals surface area contributed by atoms with Crippen molar-refractivity contribution in [2.24, 2.45) is 0 Å². The maximum atomic E-state index is 12.1. The molecule has 0 bridgehead atoms. The van der Waals surface area contributed by atoms with Crippen molar-refractivity contribution >= 4 is 33.4 Å². The van der Waals surface area contributed by atoms with E-state index < -0.39 is 36.0 Å². The van der Waals surface area contributed by atoms with Crippen LogP contribution in [0.15, 0.2) is 48.5 Å². The highest BCUT2D eigenvalue weighted by Gasteiger charge is 2.31. The highest BCUT2D eigenvalue weighted by molar-refractivity contribution is 8.76. The van der Waals surface area contributed by atoms with E-state index in [9.17, 15) is 35.9 Å². The Bertz CT molecular complexity index is 861. The van der Waals surface area contributed by atoms with Crippen LogP contribution in [0.5, 0.6) is 11.5 Å². The smallest absolute Gasteiger partial charge is 0.406 e. The van der Waals surface area contributed by atoms with Crippen molar-refractivity contribution in [1.82, 2.24) is 10.6 Å². The molecule has 6 nitrogen and oxygen atoms in total. The molecule has 0 radical (unpaired) electrons. The van der Waals surface area contributed by atoms with Gasteiger partial charge in [0, 0.05) is 35.7 Å². The third-order valence-corrected chi connectivity index (χ3v) is 6.13. The number of benzene rings is 2. The fourth-order valence-electron chi connectivity index (χ4n) is 2.35. The van der Waals surface area contributed by atoms with E-state index in [0.717, 1.165) is 24.3 Å². The van der Waals surface area contributed by atoms with Crippen molar-refractivity contribution in [2.45, 2.75) is 12.7 Å². The van der Waals surface area contributed by atoms with E-state index in [1.54, 1.807) is 0 Å². The number of ether oxygens (including phenoxy) is 2. The molecule has 0 spiro atoms. The van der Waals surface area contributed by atoms with Gasteiger partial charge in [0.25, 0.3) is 11.8 Å². The topological polar surface area (TPSA) is 76.7 Å². The maximum Gasteiger partial charge on any atom is 0.573 e. The van der Waals surface area contributed by atoms with E-state index >= 15 is 0 Å². The Morgan fingerprint density at radius 2 is 0.971 bits per heavy atom. The second-order valence-electron chi connectivity index (χ2n) is 6.30. The van der Waals surface area contributed by atoms with Crippen LogP contribution in [0.4, 0.5) is 26.3 Å². The summed E-state index contributed by atoms with van der Waals surface area (Å²) in [5.41, 5.74) is 0.376. The first-order chi connectivity index (χ1) is 15.9. The monoisotopic (exact) mass is 528 g/mol. The molecule has 0 heterocycles. The predicted molar refractivity (Wildman–Crippen MR) is 116 cm³/mol. The Balaban J connectivity index is 1.57. The first-order valence-corrected chi connectivity index (χ1v) is 11.9. The van der Waals surface area contributed by atoms with Crippen LogP contribution >= 0.6 is 21.6 Å². The molecule has 0 unspecified atom stereocenters. The molecule has 34 heavy (non-hydrogen) atoms.